The first kappa shape index (κ1) is 18.7. The molecule has 0 saturated carbocycles. The van der Waals surface area contributed by atoms with E-state index < -0.39 is 11.9 Å². The minimum absolute atomic E-state index is 0.102. The van der Waals surface area contributed by atoms with Crippen molar-refractivity contribution in [3.63, 3.8) is 0 Å². The monoisotopic (exact) mass is 392 g/mol. The molecule has 1 amide bonds. The number of rotatable bonds is 3. The smallest absolute Gasteiger partial charge is 0.274 e. The first-order valence-corrected chi connectivity index (χ1v) is 9.33. The number of anilines is 1. The van der Waals surface area contributed by atoms with Crippen LogP contribution in [0.5, 0.6) is 0 Å². The van der Waals surface area contributed by atoms with Crippen molar-refractivity contribution in [1.82, 2.24) is 4.98 Å². The van der Waals surface area contributed by atoms with Gasteiger partial charge in [-0.05, 0) is 36.2 Å². The Bertz CT molecular complexity index is 859. The Morgan fingerprint density at radius 1 is 1.31 bits per heavy atom. The van der Waals surface area contributed by atoms with Crippen LogP contribution in [-0.4, -0.2) is 21.3 Å². The topological polar surface area (TPSA) is 80.4 Å². The van der Waals surface area contributed by atoms with Gasteiger partial charge in [0.1, 0.15) is 11.5 Å². The van der Waals surface area contributed by atoms with Crippen LogP contribution in [0.2, 0.25) is 5.02 Å². The number of amides is 1. The van der Waals surface area contributed by atoms with Crippen LogP contribution in [0.25, 0.3) is 0 Å². The summed E-state index contributed by atoms with van der Waals surface area (Å²) in [5, 5.41) is 3.83. The van der Waals surface area contributed by atoms with Gasteiger partial charge < -0.3 is 11.1 Å². The zero-order chi connectivity index (χ0) is 18.8. The van der Waals surface area contributed by atoms with Crippen molar-refractivity contribution in [3.8, 4) is 0 Å². The van der Waals surface area contributed by atoms with Crippen LogP contribution < -0.4 is 11.1 Å². The maximum atomic E-state index is 14.4. The average Bonchev–Trinajstić information content (AvgIpc) is 2.60. The van der Waals surface area contributed by atoms with Crippen LogP contribution in [0, 0.1) is 11.7 Å². The minimum atomic E-state index is -0.400. The summed E-state index contributed by atoms with van der Waals surface area (Å²) in [7, 11) is 0. The Balaban J connectivity index is 1.87. The third-order valence-corrected chi connectivity index (χ3v) is 5.72. The standard InChI is InChI=1S/C18H18ClFN4OS/c1-9-10(2)26-18(21)24-16(9)13-7-12(4-5-14(13)20)23-17(25)15-6-3-11(19)8-22-15/h3-10,16H,1-2H3,(H2,21,24)(H,23,25)/t9-,10?,16?/m1/s1. The van der Waals surface area contributed by atoms with Gasteiger partial charge in [0.05, 0.1) is 11.1 Å². The van der Waals surface area contributed by atoms with E-state index in [9.17, 15) is 9.18 Å². The van der Waals surface area contributed by atoms with Crippen LogP contribution in [0.1, 0.15) is 35.9 Å². The van der Waals surface area contributed by atoms with Gasteiger partial charge in [0.15, 0.2) is 5.17 Å². The number of carbonyl (C=O) groups is 1. The van der Waals surface area contributed by atoms with E-state index in [-0.39, 0.29) is 22.7 Å². The van der Waals surface area contributed by atoms with Crippen molar-refractivity contribution < 1.29 is 9.18 Å². The molecule has 1 aliphatic rings. The lowest BCUT2D eigenvalue weighted by molar-refractivity contribution is 0.102. The van der Waals surface area contributed by atoms with Crippen LogP contribution in [0.3, 0.4) is 0 Å². The predicted molar refractivity (Wildman–Crippen MR) is 104 cm³/mol. The second kappa shape index (κ2) is 7.63. The molecule has 1 aromatic carbocycles. The van der Waals surface area contributed by atoms with Gasteiger partial charge in [-0.2, -0.15) is 0 Å². The van der Waals surface area contributed by atoms with E-state index in [1.165, 1.54) is 36.2 Å². The van der Waals surface area contributed by atoms with Gasteiger partial charge in [-0.25, -0.2) is 9.37 Å². The normalized spacial score (nSPS) is 22.6. The van der Waals surface area contributed by atoms with Gasteiger partial charge in [-0.15, -0.1) is 0 Å². The lowest BCUT2D eigenvalue weighted by atomic mass is 9.91. The van der Waals surface area contributed by atoms with Gasteiger partial charge in [0.2, 0.25) is 0 Å². The first-order valence-electron chi connectivity index (χ1n) is 8.07. The second-order valence-corrected chi connectivity index (χ2v) is 7.98. The zero-order valence-corrected chi connectivity index (χ0v) is 15.8. The molecule has 26 heavy (non-hydrogen) atoms. The number of thioether (sulfide) groups is 1. The fourth-order valence-corrected chi connectivity index (χ4v) is 3.78. The highest BCUT2D eigenvalue weighted by molar-refractivity contribution is 8.14. The maximum absolute atomic E-state index is 14.4. The molecule has 0 bridgehead atoms. The Hall–Kier alpha value is -2.12. The molecular weight excluding hydrogens is 375 g/mol. The van der Waals surface area contributed by atoms with Gasteiger partial charge >= 0.3 is 0 Å². The summed E-state index contributed by atoms with van der Waals surface area (Å²) >= 11 is 7.26. The molecule has 2 unspecified atom stereocenters. The van der Waals surface area contributed by atoms with Gasteiger partial charge in [-0.1, -0.05) is 37.2 Å². The number of nitrogens with zero attached hydrogens (tertiary/aromatic N) is 2. The number of aliphatic imine (C=N–C) groups is 1. The van der Waals surface area contributed by atoms with Crippen LogP contribution in [0.15, 0.2) is 41.5 Å². The Morgan fingerprint density at radius 3 is 2.77 bits per heavy atom. The number of nitrogens with one attached hydrogen (secondary N) is 1. The highest BCUT2D eigenvalue weighted by atomic mass is 35.5. The number of carbonyl (C=O) groups excluding carboxylic acids is 1. The molecule has 5 nitrogen and oxygen atoms in total. The van der Waals surface area contributed by atoms with Crippen molar-refractivity contribution in [2.45, 2.75) is 25.1 Å². The lowest BCUT2D eigenvalue weighted by Gasteiger charge is -2.31. The number of pyridine rings is 1. The SMILES string of the molecule is CC1SC(N)=NC(c2cc(NC(=O)c3ccc(Cl)cn3)ccc2F)[C@@H]1C. The predicted octanol–water partition coefficient (Wildman–Crippen LogP) is 4.25. The molecule has 0 radical (unpaired) electrons. The van der Waals surface area contributed by atoms with E-state index in [1.54, 1.807) is 12.1 Å². The number of nitrogens with two attached hydrogens (primary N) is 1. The molecule has 2 aromatic rings. The van der Waals surface area contributed by atoms with E-state index >= 15 is 0 Å². The van der Waals surface area contributed by atoms with Crippen molar-refractivity contribution in [3.05, 3.63) is 58.6 Å². The minimum Gasteiger partial charge on any atom is -0.379 e. The molecule has 0 fully saturated rings. The summed E-state index contributed by atoms with van der Waals surface area (Å²) in [5.74, 6) is -0.673. The van der Waals surface area contributed by atoms with Crippen molar-refractivity contribution in [1.29, 1.82) is 0 Å². The Kier molecular flexibility index (Phi) is 5.48. The second-order valence-electron chi connectivity index (χ2n) is 6.15. The quantitative estimate of drug-likeness (QED) is 0.818. The van der Waals surface area contributed by atoms with Gasteiger partial charge in [0, 0.05) is 22.7 Å². The fourth-order valence-electron chi connectivity index (χ4n) is 2.75. The van der Waals surface area contributed by atoms with Gasteiger partial charge in [0.25, 0.3) is 5.91 Å². The lowest BCUT2D eigenvalue weighted by Crippen LogP contribution is -2.29. The summed E-state index contributed by atoms with van der Waals surface area (Å²) in [4.78, 5) is 20.7. The number of aromatic nitrogens is 1. The summed E-state index contributed by atoms with van der Waals surface area (Å²) in [6.07, 6.45) is 1.40. The largest absolute Gasteiger partial charge is 0.379 e. The molecule has 3 atom stereocenters. The van der Waals surface area contributed by atoms with E-state index in [0.29, 0.717) is 21.4 Å². The molecule has 0 spiro atoms. The highest BCUT2D eigenvalue weighted by Crippen LogP contribution is 2.39. The molecule has 0 aliphatic carbocycles. The van der Waals surface area contributed by atoms with Crippen molar-refractivity contribution in [2.24, 2.45) is 16.6 Å². The Morgan fingerprint density at radius 2 is 2.08 bits per heavy atom. The summed E-state index contributed by atoms with van der Waals surface area (Å²) in [6.45, 7) is 4.06. The molecule has 8 heteroatoms. The molecule has 0 saturated heterocycles. The van der Waals surface area contributed by atoms with Crippen LogP contribution >= 0.6 is 23.4 Å². The summed E-state index contributed by atoms with van der Waals surface area (Å²) < 4.78 is 14.4. The van der Waals surface area contributed by atoms with Crippen LogP contribution in [-0.2, 0) is 0 Å². The van der Waals surface area contributed by atoms with E-state index in [4.69, 9.17) is 17.3 Å². The van der Waals surface area contributed by atoms with Crippen molar-refractivity contribution in [2.75, 3.05) is 5.32 Å². The number of amidine groups is 1. The number of hydrogen-bond donors (Lipinski definition) is 2. The molecule has 2 heterocycles. The van der Waals surface area contributed by atoms with E-state index in [2.05, 4.69) is 15.3 Å². The third kappa shape index (κ3) is 3.99. The molecule has 1 aliphatic heterocycles. The molecular formula is C18H18ClFN4OS. The highest BCUT2D eigenvalue weighted by Gasteiger charge is 2.31. The average molecular weight is 393 g/mol. The fraction of sp³-hybridized carbons (Fsp3) is 0.278. The van der Waals surface area contributed by atoms with Crippen molar-refractivity contribution >= 4 is 40.1 Å². The van der Waals surface area contributed by atoms with Gasteiger partial charge in [-0.3, -0.25) is 9.79 Å². The summed E-state index contributed by atoms with van der Waals surface area (Å²) in [6, 6.07) is 7.15. The molecule has 136 valence electrons. The van der Waals surface area contributed by atoms with E-state index in [1.807, 2.05) is 13.8 Å². The number of hydrogen-bond acceptors (Lipinski definition) is 5. The van der Waals surface area contributed by atoms with Crippen LogP contribution in [0.4, 0.5) is 10.1 Å². The summed E-state index contributed by atoms with van der Waals surface area (Å²) in [5.41, 5.74) is 6.97. The molecule has 1 aromatic heterocycles. The third-order valence-electron chi connectivity index (χ3n) is 4.34. The zero-order valence-electron chi connectivity index (χ0n) is 14.2. The Labute approximate surface area is 160 Å². The number of halogens is 2. The first-order chi connectivity index (χ1) is 12.3. The van der Waals surface area contributed by atoms with E-state index in [0.717, 1.165) is 0 Å². The maximum Gasteiger partial charge on any atom is 0.274 e. The molecule has 3 N–H and O–H groups in total. The molecule has 3 rings (SSSR count). The number of benzene rings is 1.